The van der Waals surface area contributed by atoms with E-state index in [1.807, 2.05) is 12.2 Å². The fourth-order valence-electron chi connectivity index (χ4n) is 1.89. The molecule has 0 nitrogen and oxygen atoms in total. The first-order valence-electron chi connectivity index (χ1n) is 6.80. The Bertz CT molecular complexity index is 245. The molecule has 0 amide bonds. The molecule has 0 aliphatic carbocycles. The van der Waals surface area contributed by atoms with E-state index in [4.69, 9.17) is 0 Å². The number of allylic oxidation sites excluding steroid dienone is 5. The Morgan fingerprint density at radius 3 is 2.41 bits per heavy atom. The highest BCUT2D eigenvalue weighted by molar-refractivity contribution is 5.05. The minimum atomic E-state index is 0.574. The molecule has 0 aromatic rings. The number of rotatable bonds is 11. The standard InChI is InChI=1S/C17H28/c1-5-8-10-12-15-17(13-7-3)16(4)14-11-9-6-2/h5,7,10,12,17H,1,3-4,6,8-9,11,13-15H2,2H3/b12-10-. The van der Waals surface area contributed by atoms with Gasteiger partial charge in [-0.25, -0.2) is 0 Å². The molecule has 0 saturated carbocycles. The van der Waals surface area contributed by atoms with Gasteiger partial charge >= 0.3 is 0 Å². The zero-order valence-corrected chi connectivity index (χ0v) is 11.5. The monoisotopic (exact) mass is 232 g/mol. The second kappa shape index (κ2) is 11.4. The third kappa shape index (κ3) is 8.74. The van der Waals surface area contributed by atoms with Gasteiger partial charge in [-0.1, -0.05) is 56.2 Å². The van der Waals surface area contributed by atoms with Gasteiger partial charge in [0.15, 0.2) is 0 Å². The Labute approximate surface area is 108 Å². The molecule has 0 heteroatoms. The summed E-state index contributed by atoms with van der Waals surface area (Å²) in [7, 11) is 0. The number of hydrogen-bond donors (Lipinski definition) is 0. The van der Waals surface area contributed by atoms with Gasteiger partial charge in [-0.05, 0) is 38.0 Å². The van der Waals surface area contributed by atoms with E-state index in [2.05, 4.69) is 38.8 Å². The van der Waals surface area contributed by atoms with Crippen LogP contribution in [0.1, 0.15) is 51.9 Å². The fourth-order valence-corrected chi connectivity index (χ4v) is 1.89. The Morgan fingerprint density at radius 2 is 1.82 bits per heavy atom. The summed E-state index contributed by atoms with van der Waals surface area (Å²) < 4.78 is 0. The van der Waals surface area contributed by atoms with E-state index in [0.717, 1.165) is 19.3 Å². The molecule has 0 fully saturated rings. The lowest BCUT2D eigenvalue weighted by molar-refractivity contribution is 0.583. The molecule has 0 aromatic heterocycles. The Hall–Kier alpha value is -1.04. The third-order valence-corrected chi connectivity index (χ3v) is 3.02. The maximum absolute atomic E-state index is 4.24. The van der Waals surface area contributed by atoms with E-state index >= 15 is 0 Å². The predicted molar refractivity (Wildman–Crippen MR) is 80.2 cm³/mol. The lowest BCUT2D eigenvalue weighted by Crippen LogP contribution is -2.01. The minimum absolute atomic E-state index is 0.574. The highest BCUT2D eigenvalue weighted by Crippen LogP contribution is 2.23. The molecule has 0 rings (SSSR count). The molecule has 0 aliphatic heterocycles. The maximum atomic E-state index is 4.24. The summed E-state index contributed by atoms with van der Waals surface area (Å²) in [6.45, 7) is 14.0. The van der Waals surface area contributed by atoms with Crippen LogP contribution < -0.4 is 0 Å². The third-order valence-electron chi connectivity index (χ3n) is 3.02. The van der Waals surface area contributed by atoms with Gasteiger partial charge in [0.2, 0.25) is 0 Å². The average molecular weight is 232 g/mol. The molecule has 1 unspecified atom stereocenters. The summed E-state index contributed by atoms with van der Waals surface area (Å²) in [6, 6.07) is 0. The molecule has 0 radical (unpaired) electrons. The van der Waals surface area contributed by atoms with Gasteiger partial charge in [-0.15, -0.1) is 13.2 Å². The van der Waals surface area contributed by atoms with Gasteiger partial charge in [0.25, 0.3) is 0 Å². The van der Waals surface area contributed by atoms with Crippen LogP contribution in [0.5, 0.6) is 0 Å². The molecule has 0 bridgehead atoms. The van der Waals surface area contributed by atoms with Crippen molar-refractivity contribution in [1.29, 1.82) is 0 Å². The first kappa shape index (κ1) is 16.0. The highest BCUT2D eigenvalue weighted by atomic mass is 14.1. The van der Waals surface area contributed by atoms with E-state index in [0.29, 0.717) is 5.92 Å². The molecule has 0 spiro atoms. The second-order valence-electron chi connectivity index (χ2n) is 4.57. The summed E-state index contributed by atoms with van der Waals surface area (Å²) in [5, 5.41) is 0. The molecular formula is C17H28. The van der Waals surface area contributed by atoms with Gasteiger partial charge in [0, 0.05) is 0 Å². The summed E-state index contributed by atoms with van der Waals surface area (Å²) >= 11 is 0. The molecule has 0 aliphatic rings. The summed E-state index contributed by atoms with van der Waals surface area (Å²) in [4.78, 5) is 0. The number of hydrogen-bond acceptors (Lipinski definition) is 0. The zero-order valence-electron chi connectivity index (χ0n) is 11.5. The van der Waals surface area contributed by atoms with Crippen molar-refractivity contribution < 1.29 is 0 Å². The lowest BCUT2D eigenvalue weighted by atomic mass is 9.89. The quantitative estimate of drug-likeness (QED) is 0.310. The molecule has 1 atom stereocenters. The molecule has 0 N–H and O–H groups in total. The highest BCUT2D eigenvalue weighted by Gasteiger charge is 2.08. The van der Waals surface area contributed by atoms with Crippen LogP contribution >= 0.6 is 0 Å². The Morgan fingerprint density at radius 1 is 1.06 bits per heavy atom. The van der Waals surface area contributed by atoms with E-state index in [-0.39, 0.29) is 0 Å². The summed E-state index contributed by atoms with van der Waals surface area (Å²) in [6.07, 6.45) is 16.5. The minimum Gasteiger partial charge on any atom is -0.103 e. The molecule has 0 aromatic carbocycles. The Kier molecular flexibility index (Phi) is 10.7. The van der Waals surface area contributed by atoms with Gasteiger partial charge < -0.3 is 0 Å². The summed E-state index contributed by atoms with van der Waals surface area (Å²) in [5.74, 6) is 0.574. The smallest absolute Gasteiger partial charge is 0.0137 e. The summed E-state index contributed by atoms with van der Waals surface area (Å²) in [5.41, 5.74) is 1.39. The molecule has 0 saturated heterocycles. The Balaban J connectivity index is 4.05. The average Bonchev–Trinajstić information content (AvgIpc) is 2.33. The zero-order chi connectivity index (χ0) is 12.9. The van der Waals surface area contributed by atoms with Crippen molar-refractivity contribution in [3.63, 3.8) is 0 Å². The SMILES string of the molecule is C=CC/C=C\CC(CC=C)C(=C)CCCCC. The van der Waals surface area contributed by atoms with Crippen molar-refractivity contribution in [2.75, 3.05) is 0 Å². The molecule has 0 heterocycles. The van der Waals surface area contributed by atoms with Crippen LogP contribution in [0.15, 0.2) is 49.6 Å². The van der Waals surface area contributed by atoms with Crippen LogP contribution in [0.2, 0.25) is 0 Å². The first-order valence-corrected chi connectivity index (χ1v) is 6.80. The van der Waals surface area contributed by atoms with Gasteiger partial charge in [0.05, 0.1) is 0 Å². The van der Waals surface area contributed by atoms with Gasteiger partial charge in [0.1, 0.15) is 0 Å². The van der Waals surface area contributed by atoms with Crippen LogP contribution in [-0.4, -0.2) is 0 Å². The van der Waals surface area contributed by atoms with E-state index in [1.165, 1.54) is 31.3 Å². The van der Waals surface area contributed by atoms with Crippen molar-refractivity contribution in [2.45, 2.75) is 51.9 Å². The van der Waals surface area contributed by atoms with Crippen molar-refractivity contribution in [3.05, 3.63) is 49.6 Å². The van der Waals surface area contributed by atoms with Crippen molar-refractivity contribution in [2.24, 2.45) is 5.92 Å². The normalized spacial score (nSPS) is 12.5. The second-order valence-corrected chi connectivity index (χ2v) is 4.57. The van der Waals surface area contributed by atoms with Gasteiger partial charge in [-0.3, -0.25) is 0 Å². The number of unbranched alkanes of at least 4 members (excludes halogenated alkanes) is 2. The van der Waals surface area contributed by atoms with Crippen LogP contribution in [0.4, 0.5) is 0 Å². The predicted octanol–water partition coefficient (Wildman–Crippen LogP) is 5.84. The van der Waals surface area contributed by atoms with E-state index in [9.17, 15) is 0 Å². The van der Waals surface area contributed by atoms with Gasteiger partial charge in [-0.2, -0.15) is 0 Å². The maximum Gasteiger partial charge on any atom is -0.0137 e. The molecule has 96 valence electrons. The lowest BCUT2D eigenvalue weighted by Gasteiger charge is -2.16. The fraction of sp³-hybridized carbons (Fsp3) is 0.529. The topological polar surface area (TPSA) is 0 Å². The van der Waals surface area contributed by atoms with E-state index in [1.54, 1.807) is 0 Å². The largest absolute Gasteiger partial charge is 0.103 e. The van der Waals surface area contributed by atoms with Crippen molar-refractivity contribution in [1.82, 2.24) is 0 Å². The van der Waals surface area contributed by atoms with Crippen LogP contribution in [0.25, 0.3) is 0 Å². The van der Waals surface area contributed by atoms with E-state index < -0.39 is 0 Å². The van der Waals surface area contributed by atoms with Crippen LogP contribution in [0.3, 0.4) is 0 Å². The molecule has 17 heavy (non-hydrogen) atoms. The molecular weight excluding hydrogens is 204 g/mol. The van der Waals surface area contributed by atoms with Crippen LogP contribution in [0, 0.1) is 5.92 Å². The first-order chi connectivity index (χ1) is 8.26. The van der Waals surface area contributed by atoms with Crippen LogP contribution in [-0.2, 0) is 0 Å². The van der Waals surface area contributed by atoms with Crippen molar-refractivity contribution >= 4 is 0 Å². The van der Waals surface area contributed by atoms with Crippen molar-refractivity contribution in [3.8, 4) is 0 Å².